The molecular weight excluding hydrogens is 469 g/mol. The summed E-state index contributed by atoms with van der Waals surface area (Å²) in [5.74, 6) is -0.581. The van der Waals surface area contributed by atoms with Gasteiger partial charge in [0, 0.05) is 17.1 Å². The van der Waals surface area contributed by atoms with Crippen LogP contribution in [0.3, 0.4) is 0 Å². The highest BCUT2D eigenvalue weighted by Crippen LogP contribution is 2.37. The largest absolute Gasteiger partial charge is 0.416 e. The van der Waals surface area contributed by atoms with Gasteiger partial charge in [0.15, 0.2) is 0 Å². The normalized spacial score (nSPS) is 13.2. The lowest BCUT2D eigenvalue weighted by Gasteiger charge is -2.14. The quantitative estimate of drug-likeness (QED) is 0.384. The summed E-state index contributed by atoms with van der Waals surface area (Å²) >= 11 is 0. The van der Waals surface area contributed by atoms with E-state index in [1.807, 2.05) is 0 Å². The number of quaternary nitrogens is 1. The predicted octanol–water partition coefficient (Wildman–Crippen LogP) is 3.66. The second kappa shape index (κ2) is 8.17. The first-order valence-electron chi connectivity index (χ1n) is 9.65. The summed E-state index contributed by atoms with van der Waals surface area (Å²) < 4.78 is 93.8. The number of rotatable bonds is 4. The van der Waals surface area contributed by atoms with Crippen molar-refractivity contribution >= 4 is 28.2 Å². The molecule has 0 amide bonds. The highest BCUT2D eigenvalue weighted by Gasteiger charge is 2.37. The molecule has 0 aliphatic carbocycles. The molecule has 0 unspecified atom stereocenters. The molecule has 34 heavy (non-hydrogen) atoms. The zero-order valence-electron chi connectivity index (χ0n) is 17.0. The number of halogens is 7. The zero-order valence-corrected chi connectivity index (χ0v) is 17.0. The fourth-order valence-electron chi connectivity index (χ4n) is 3.39. The Kier molecular flexibility index (Phi) is 5.59. The van der Waals surface area contributed by atoms with E-state index in [0.717, 1.165) is 0 Å². The topological polar surface area (TPSA) is 98.8 Å². The van der Waals surface area contributed by atoms with Crippen molar-refractivity contribution in [2.24, 2.45) is 5.73 Å². The highest BCUT2D eigenvalue weighted by atomic mass is 19.4. The number of hydrogen-bond acceptors (Lipinski definition) is 4. The van der Waals surface area contributed by atoms with Gasteiger partial charge in [0.1, 0.15) is 35.4 Å². The molecule has 0 radical (unpaired) electrons. The van der Waals surface area contributed by atoms with Crippen LogP contribution in [0.1, 0.15) is 22.4 Å². The van der Waals surface area contributed by atoms with E-state index >= 15 is 0 Å². The molecule has 0 saturated heterocycles. The maximum absolute atomic E-state index is 14.0. The molecule has 0 fully saturated rings. The number of nitrogens with two attached hydrogens (primary N) is 3. The lowest BCUT2D eigenvalue weighted by atomic mass is 10.0. The number of nitrogens with zero attached hydrogens (tertiary/aromatic N) is 3. The molecule has 6 nitrogen and oxygen atoms in total. The van der Waals surface area contributed by atoms with Crippen LogP contribution in [0.2, 0.25) is 0 Å². The Bertz CT molecular complexity index is 1390. The van der Waals surface area contributed by atoms with E-state index in [1.54, 1.807) is 6.07 Å². The second-order valence-corrected chi connectivity index (χ2v) is 7.39. The van der Waals surface area contributed by atoms with E-state index in [1.165, 1.54) is 34.2 Å². The second-order valence-electron chi connectivity index (χ2n) is 7.39. The molecule has 2 heterocycles. The molecule has 4 rings (SSSR count). The van der Waals surface area contributed by atoms with Gasteiger partial charge in [-0.25, -0.2) is 14.4 Å². The lowest BCUT2D eigenvalue weighted by molar-refractivity contribution is -0.604. The number of para-hydroxylation sites is 1. The van der Waals surface area contributed by atoms with Crippen molar-refractivity contribution in [3.05, 3.63) is 77.0 Å². The molecule has 178 valence electrons. The summed E-state index contributed by atoms with van der Waals surface area (Å²) in [5, 5.41) is 1.84. The van der Waals surface area contributed by atoms with Gasteiger partial charge >= 0.3 is 12.4 Å². The van der Waals surface area contributed by atoms with Crippen LogP contribution >= 0.6 is 0 Å². The fourth-order valence-corrected chi connectivity index (χ4v) is 3.39. The molecule has 0 aliphatic heterocycles. The van der Waals surface area contributed by atoms with Crippen molar-refractivity contribution in [3.63, 3.8) is 0 Å². The first-order chi connectivity index (χ1) is 15.8. The minimum atomic E-state index is -4.98. The Morgan fingerprint density at radius 3 is 2.26 bits per heavy atom. The average molecular weight is 485 g/mol. The summed E-state index contributed by atoms with van der Waals surface area (Å²) in [6, 6.07) is 5.46. The number of benzene rings is 2. The number of aromatic nitrogens is 3. The Morgan fingerprint density at radius 1 is 1.00 bits per heavy atom. The van der Waals surface area contributed by atoms with E-state index in [4.69, 9.17) is 11.5 Å². The van der Waals surface area contributed by atoms with Gasteiger partial charge in [-0.2, -0.15) is 26.3 Å². The standard InChI is InChI=1S/C21H15F7N6/c22-15-3-1-2-14-17(15)33-19(30)34-9-13(32-18(14)34)7-31-8-16(29)10-4-11(20(23,24)25)6-12(5-10)21(26,27)28/h1-6,8-9,31H,7,29H2,(H2,30,33)/p+1/b16-8-. The van der Waals surface area contributed by atoms with Crippen molar-refractivity contribution in [3.8, 4) is 0 Å². The van der Waals surface area contributed by atoms with Crippen molar-refractivity contribution in [1.82, 2.24) is 14.4 Å². The average Bonchev–Trinajstić information content (AvgIpc) is 3.18. The van der Waals surface area contributed by atoms with E-state index < -0.39 is 34.9 Å². The minimum Gasteiger partial charge on any atom is -0.394 e. The highest BCUT2D eigenvalue weighted by molar-refractivity contribution is 5.92. The molecule has 2 aromatic carbocycles. The van der Waals surface area contributed by atoms with E-state index in [-0.39, 0.29) is 29.8 Å². The molecule has 6 N–H and O–H groups in total. The van der Waals surface area contributed by atoms with Gasteiger partial charge in [-0.05, 0) is 30.3 Å². The maximum Gasteiger partial charge on any atom is 0.416 e. The van der Waals surface area contributed by atoms with Crippen LogP contribution in [0, 0.1) is 5.82 Å². The van der Waals surface area contributed by atoms with Gasteiger partial charge in [0.05, 0.1) is 16.8 Å². The fraction of sp³-hybridized carbons (Fsp3) is 0.143. The molecule has 0 bridgehead atoms. The summed E-state index contributed by atoms with van der Waals surface area (Å²) in [7, 11) is 0. The molecule has 13 heteroatoms. The Hall–Kier alpha value is -3.87. The number of fused-ring (bicyclic) bond motifs is 3. The number of alkyl halides is 6. The van der Waals surface area contributed by atoms with Crippen LogP contribution in [0.15, 0.2) is 48.8 Å². The van der Waals surface area contributed by atoms with Crippen molar-refractivity contribution in [2.45, 2.75) is 18.9 Å². The Balaban J connectivity index is 1.62. The third-order valence-corrected chi connectivity index (χ3v) is 5.00. The molecular formula is C21H16F7N6+. The monoisotopic (exact) mass is 485 g/mol. The van der Waals surface area contributed by atoms with Crippen LogP contribution < -0.4 is 16.8 Å². The van der Waals surface area contributed by atoms with Crippen molar-refractivity contribution in [2.75, 3.05) is 5.73 Å². The third kappa shape index (κ3) is 4.46. The molecule has 4 aromatic rings. The van der Waals surface area contributed by atoms with E-state index in [9.17, 15) is 30.7 Å². The number of hydrogen-bond donors (Lipinski definition) is 3. The Morgan fingerprint density at radius 2 is 1.65 bits per heavy atom. The van der Waals surface area contributed by atoms with Gasteiger partial charge in [0.25, 0.3) is 0 Å². The first-order valence-corrected chi connectivity index (χ1v) is 9.65. The van der Waals surface area contributed by atoms with Crippen LogP contribution in [0.4, 0.5) is 36.7 Å². The molecule has 0 aliphatic rings. The lowest BCUT2D eigenvalue weighted by Crippen LogP contribution is -2.76. The van der Waals surface area contributed by atoms with Crippen molar-refractivity contribution in [1.29, 1.82) is 0 Å². The molecule has 2 aromatic heterocycles. The van der Waals surface area contributed by atoms with Gasteiger partial charge < -0.3 is 16.8 Å². The van der Waals surface area contributed by atoms with Gasteiger partial charge in [0.2, 0.25) is 5.95 Å². The smallest absolute Gasteiger partial charge is 0.394 e. The summed E-state index contributed by atoms with van der Waals surface area (Å²) in [6.45, 7) is 0.115. The summed E-state index contributed by atoms with van der Waals surface area (Å²) in [4.78, 5) is 8.40. The third-order valence-electron chi connectivity index (χ3n) is 5.00. The molecule has 0 saturated carbocycles. The minimum absolute atomic E-state index is 0.00921. The summed E-state index contributed by atoms with van der Waals surface area (Å²) in [5.41, 5.74) is 8.82. The molecule has 0 spiro atoms. The van der Waals surface area contributed by atoms with Gasteiger partial charge in [-0.1, -0.05) is 6.07 Å². The van der Waals surface area contributed by atoms with Gasteiger partial charge in [-0.3, -0.25) is 4.40 Å². The van der Waals surface area contributed by atoms with E-state index in [2.05, 4.69) is 9.97 Å². The van der Waals surface area contributed by atoms with Crippen molar-refractivity contribution < 1.29 is 36.0 Å². The Labute approximate surface area is 186 Å². The van der Waals surface area contributed by atoms with Gasteiger partial charge in [-0.15, -0.1) is 0 Å². The molecule has 0 atom stereocenters. The zero-order chi connectivity index (χ0) is 24.8. The maximum atomic E-state index is 14.0. The predicted molar refractivity (Wildman–Crippen MR) is 109 cm³/mol. The number of imidazole rings is 1. The van der Waals surface area contributed by atoms with Crippen LogP contribution in [0.25, 0.3) is 22.2 Å². The number of nitrogen functional groups attached to an aromatic ring is 1. The summed E-state index contributed by atoms with van der Waals surface area (Å²) in [6.07, 6.45) is -7.23. The van der Waals surface area contributed by atoms with E-state index in [0.29, 0.717) is 28.9 Å². The number of anilines is 1. The van der Waals surface area contributed by atoms with Crippen LogP contribution in [-0.4, -0.2) is 14.4 Å². The first kappa shape index (κ1) is 23.3. The van der Waals surface area contributed by atoms with Crippen LogP contribution in [0.5, 0.6) is 0 Å². The SMILES string of the molecule is N/C(=C\[NH2+]Cc1cn2c(N)nc3c(F)cccc3c2n1)c1cc(C(F)(F)F)cc(C(F)(F)F)c1. The van der Waals surface area contributed by atoms with Crippen LogP contribution in [-0.2, 0) is 18.9 Å².